The highest BCUT2D eigenvalue weighted by Crippen LogP contribution is 2.77. The lowest BCUT2D eigenvalue weighted by Crippen LogP contribution is -2.69. The van der Waals surface area contributed by atoms with Crippen molar-refractivity contribution in [2.45, 2.75) is 87.9 Å². The van der Waals surface area contributed by atoms with E-state index in [1.807, 2.05) is 0 Å². The lowest BCUT2D eigenvalue weighted by Gasteiger charge is -2.74. The van der Waals surface area contributed by atoms with Gasteiger partial charge in [0.05, 0.1) is 0 Å². The van der Waals surface area contributed by atoms with Gasteiger partial charge >= 0.3 is 0 Å². The van der Waals surface area contributed by atoms with E-state index >= 15 is 0 Å². The molecule has 8 unspecified atom stereocenters. The largest absolute Gasteiger partial charge is 0.0616 e. The molecule has 0 spiro atoms. The summed E-state index contributed by atoms with van der Waals surface area (Å²) in [5.74, 6) is 14.2. The van der Waals surface area contributed by atoms with Crippen molar-refractivity contribution in [2.75, 3.05) is 0 Å². The Morgan fingerprint density at radius 1 is 0.315 bits per heavy atom. The second-order valence-corrected chi connectivity index (χ2v) is 21.7. The first kappa shape index (κ1) is 29.8. The van der Waals surface area contributed by atoms with Gasteiger partial charge in [0.2, 0.25) is 0 Å². The van der Waals surface area contributed by atoms with Gasteiger partial charge in [0.25, 0.3) is 0 Å². The van der Waals surface area contributed by atoms with Crippen LogP contribution in [0.3, 0.4) is 0 Å². The van der Waals surface area contributed by atoms with Crippen LogP contribution < -0.4 is 0 Å². The topological polar surface area (TPSA) is 0 Å². The highest BCUT2D eigenvalue weighted by molar-refractivity contribution is 6.21. The maximum Gasteiger partial charge on any atom is 0.00178 e. The van der Waals surface area contributed by atoms with E-state index in [1.54, 1.807) is 49.7 Å². The van der Waals surface area contributed by atoms with Crippen LogP contribution in [0.25, 0.3) is 43.8 Å². The van der Waals surface area contributed by atoms with Gasteiger partial charge in [-0.05, 0) is 215 Å². The van der Waals surface area contributed by atoms with E-state index in [0.29, 0.717) is 10.8 Å². The fourth-order valence-corrected chi connectivity index (χ4v) is 19.6. The summed E-state index contributed by atoms with van der Waals surface area (Å²) in [6, 6.07) is 39.6. The first-order valence-electron chi connectivity index (χ1n) is 22.8. The third kappa shape index (κ3) is 3.38. The number of benzene rings is 5. The molecular formula is C54H54. The van der Waals surface area contributed by atoms with E-state index in [4.69, 9.17) is 0 Å². The first-order chi connectivity index (χ1) is 26.7. The molecule has 0 radical (unpaired) electrons. The van der Waals surface area contributed by atoms with Crippen LogP contribution in [0.1, 0.15) is 88.2 Å². The van der Waals surface area contributed by atoms with Gasteiger partial charge in [0.15, 0.2) is 0 Å². The Balaban J connectivity index is 0.848. The van der Waals surface area contributed by atoms with Crippen LogP contribution in [0.5, 0.6) is 0 Å². The monoisotopic (exact) mass is 702 g/mol. The summed E-state index contributed by atoms with van der Waals surface area (Å²) in [7, 11) is 0. The summed E-state index contributed by atoms with van der Waals surface area (Å²) in [6.45, 7) is 0. The van der Waals surface area contributed by atoms with Crippen molar-refractivity contribution in [3.8, 4) is 22.3 Å². The molecule has 0 N–H and O–H groups in total. The first-order valence-corrected chi connectivity index (χ1v) is 22.8. The molecular weight excluding hydrogens is 649 g/mol. The zero-order valence-corrected chi connectivity index (χ0v) is 31.8. The smallest absolute Gasteiger partial charge is 0.00178 e. The molecule has 0 amide bonds. The van der Waals surface area contributed by atoms with Gasteiger partial charge in [-0.1, -0.05) is 97.1 Å². The normalized spacial score (nSPS) is 46.1. The van der Waals surface area contributed by atoms with Gasteiger partial charge in [0.1, 0.15) is 0 Å². The maximum atomic E-state index is 2.64. The van der Waals surface area contributed by atoms with Gasteiger partial charge in [-0.15, -0.1) is 0 Å². The molecule has 0 heteroatoms. The molecule has 14 aliphatic carbocycles. The third-order valence-corrected chi connectivity index (χ3v) is 20.5. The standard InChI is InChI=1S/C54H54/c1-2-6-38-37(5-1)51(33-9-13-35(14-10-33)53-27-31-19-43-41-17-29(23-47(43)53)24-48(53)44(41)20-31)39-7-3-4-8-40(39)52(38)34-11-15-36(16-12-34)54-28-32-21-45-42-18-30(25-49(45)54)26-50(54)46(42)22-32/h1-16,29-32,41-50H,17-28H2. The Bertz CT molecular complexity index is 2140. The van der Waals surface area contributed by atoms with Gasteiger partial charge in [-0.25, -0.2) is 0 Å². The lowest BCUT2D eigenvalue weighted by atomic mass is 9.30. The van der Waals surface area contributed by atoms with E-state index in [9.17, 15) is 0 Å². The minimum Gasteiger partial charge on any atom is -0.0616 e. The predicted octanol–water partition coefficient (Wildman–Crippen LogP) is 13.2. The molecule has 19 rings (SSSR count). The van der Waals surface area contributed by atoms with Crippen molar-refractivity contribution in [3.63, 3.8) is 0 Å². The SMILES string of the molecule is c1ccc2c(-c3ccc(C45CC6CC7C8CC(CC74)CC5C8C6)cc3)c3ccccc3c(-c3ccc(C45CC6CC7C8CC(CC74)CC5C8C6)cc3)c2c1. The lowest BCUT2D eigenvalue weighted by molar-refractivity contribution is -0.220. The molecule has 14 fully saturated rings. The van der Waals surface area contributed by atoms with Crippen LogP contribution in [-0.2, 0) is 10.8 Å². The summed E-state index contributed by atoms with van der Waals surface area (Å²) in [4.78, 5) is 0. The Hall–Kier alpha value is -3.38. The maximum absolute atomic E-state index is 2.64. The zero-order chi connectivity index (χ0) is 34.7. The van der Waals surface area contributed by atoms with Crippen LogP contribution in [0.15, 0.2) is 97.1 Å². The molecule has 14 aliphatic rings. The van der Waals surface area contributed by atoms with E-state index in [2.05, 4.69) is 97.1 Å². The number of hydrogen-bond acceptors (Lipinski definition) is 0. The van der Waals surface area contributed by atoms with Crippen LogP contribution in [0.4, 0.5) is 0 Å². The van der Waals surface area contributed by atoms with Crippen molar-refractivity contribution >= 4 is 21.5 Å². The second kappa shape index (κ2) is 9.94. The van der Waals surface area contributed by atoms with E-state index in [1.165, 1.54) is 82.3 Å². The quantitative estimate of drug-likeness (QED) is 0.164. The fraction of sp³-hybridized carbons (Fsp3) is 0.519. The summed E-state index contributed by atoms with van der Waals surface area (Å²) in [6.07, 6.45) is 18.5. The van der Waals surface area contributed by atoms with Crippen LogP contribution in [0, 0.1) is 82.9 Å². The minimum absolute atomic E-state index is 0.470. The van der Waals surface area contributed by atoms with Crippen LogP contribution >= 0.6 is 0 Å². The molecule has 8 atom stereocenters. The third-order valence-electron chi connectivity index (χ3n) is 20.5. The predicted molar refractivity (Wildman–Crippen MR) is 220 cm³/mol. The van der Waals surface area contributed by atoms with Crippen molar-refractivity contribution in [2.24, 2.45) is 82.9 Å². The highest BCUT2D eigenvalue weighted by Gasteiger charge is 2.71. The molecule has 0 aliphatic heterocycles. The fourth-order valence-electron chi connectivity index (χ4n) is 19.6. The van der Waals surface area contributed by atoms with Gasteiger partial charge in [-0.3, -0.25) is 0 Å². The Morgan fingerprint density at radius 3 is 0.963 bits per heavy atom. The molecule has 14 saturated carbocycles. The summed E-state index contributed by atoms with van der Waals surface area (Å²) < 4.78 is 0. The van der Waals surface area contributed by atoms with Crippen molar-refractivity contribution in [3.05, 3.63) is 108 Å². The Labute approximate surface area is 321 Å². The summed E-state index contributed by atoms with van der Waals surface area (Å²) in [5, 5.41) is 5.63. The number of hydrogen-bond donors (Lipinski definition) is 0. The average Bonchev–Trinajstić information content (AvgIpc) is 3.23. The van der Waals surface area contributed by atoms with E-state index in [-0.39, 0.29) is 0 Å². The van der Waals surface area contributed by atoms with Crippen LogP contribution in [0.2, 0.25) is 0 Å². The summed E-state index contributed by atoms with van der Waals surface area (Å²) >= 11 is 0. The molecule has 5 aromatic rings. The Morgan fingerprint density at radius 2 is 0.630 bits per heavy atom. The molecule has 5 aromatic carbocycles. The molecule has 0 nitrogen and oxygen atoms in total. The van der Waals surface area contributed by atoms with Crippen molar-refractivity contribution in [1.29, 1.82) is 0 Å². The molecule has 54 heavy (non-hydrogen) atoms. The average molecular weight is 703 g/mol. The summed E-state index contributed by atoms with van der Waals surface area (Å²) in [5.41, 5.74) is 10.0. The van der Waals surface area contributed by atoms with Gasteiger partial charge in [-0.2, -0.15) is 0 Å². The van der Waals surface area contributed by atoms with Crippen LogP contribution in [-0.4, -0.2) is 0 Å². The van der Waals surface area contributed by atoms with E-state index < -0.39 is 0 Å². The van der Waals surface area contributed by atoms with Crippen molar-refractivity contribution < 1.29 is 0 Å². The Kier molecular flexibility index (Phi) is 5.50. The molecule has 0 aromatic heterocycles. The van der Waals surface area contributed by atoms with Gasteiger partial charge in [0, 0.05) is 10.8 Å². The molecule has 0 heterocycles. The van der Waals surface area contributed by atoms with Crippen molar-refractivity contribution in [1.82, 2.24) is 0 Å². The van der Waals surface area contributed by atoms with E-state index in [0.717, 1.165) is 82.9 Å². The zero-order valence-electron chi connectivity index (χ0n) is 31.8. The number of fused-ring (bicyclic) bond motifs is 2. The second-order valence-electron chi connectivity index (χ2n) is 21.7. The highest BCUT2D eigenvalue weighted by atomic mass is 14.8. The van der Waals surface area contributed by atoms with Gasteiger partial charge < -0.3 is 0 Å². The minimum atomic E-state index is 0.470. The molecule has 16 bridgehead atoms. The molecule has 270 valence electrons. The number of rotatable bonds is 4. The molecule has 0 saturated heterocycles.